The van der Waals surface area contributed by atoms with E-state index in [0.29, 0.717) is 25.3 Å². The van der Waals surface area contributed by atoms with Gasteiger partial charge in [-0.15, -0.1) is 0 Å². The van der Waals surface area contributed by atoms with Crippen LogP contribution in [0.3, 0.4) is 0 Å². The average Bonchev–Trinajstić information content (AvgIpc) is 3.47. The molecule has 2 aliphatic heterocycles. The van der Waals surface area contributed by atoms with Crippen molar-refractivity contribution in [3.63, 3.8) is 0 Å². The first-order valence-electron chi connectivity index (χ1n) is 11.8. The first-order chi connectivity index (χ1) is 17.5. The van der Waals surface area contributed by atoms with Crippen LogP contribution < -0.4 is 10.1 Å². The van der Waals surface area contributed by atoms with E-state index in [1.807, 2.05) is 0 Å². The quantitative estimate of drug-likeness (QED) is 0.518. The predicted molar refractivity (Wildman–Crippen MR) is 121 cm³/mol. The Morgan fingerprint density at radius 2 is 2.03 bits per heavy atom. The number of carbonyl (C=O) groups excluding carboxylic acids is 1. The van der Waals surface area contributed by atoms with Crippen molar-refractivity contribution in [3.8, 4) is 5.75 Å². The molecule has 2 fully saturated rings. The number of aromatic nitrogens is 1. The van der Waals surface area contributed by atoms with E-state index in [0.717, 1.165) is 19.1 Å². The molecule has 1 amide bonds. The van der Waals surface area contributed by atoms with Gasteiger partial charge in [0, 0.05) is 29.9 Å². The summed E-state index contributed by atoms with van der Waals surface area (Å²) >= 11 is 0. The van der Waals surface area contributed by atoms with Crippen molar-refractivity contribution < 1.29 is 46.1 Å². The minimum absolute atomic E-state index is 0.0361. The lowest BCUT2D eigenvalue weighted by Gasteiger charge is -2.32. The number of nitrogens with one attached hydrogen (secondary N) is 1. The van der Waals surface area contributed by atoms with Gasteiger partial charge in [-0.1, -0.05) is 13.0 Å². The number of amides is 1. The molecule has 1 aromatic heterocycles. The van der Waals surface area contributed by atoms with Crippen LogP contribution in [-0.4, -0.2) is 53.7 Å². The number of anilines is 1. The fraction of sp³-hybridized carbons (Fsp3) is 0.520. The average molecular weight is 530 g/mol. The molecule has 0 unspecified atom stereocenters. The maximum atomic E-state index is 15.0. The largest absolute Gasteiger partial charge is 0.490 e. The lowest BCUT2D eigenvalue weighted by atomic mass is 9.77. The number of aliphatic hydroxyl groups excluding tert-OH is 1. The SMILES string of the molecule is C[C@H]1[C@@H](c2ccc(F)c(F)c2OC[C@@H]2CCOC2)[C@H](C(=O)Nc2ccc(CO)nc2)O[C@@]1(C)C(F)(F)F. The van der Waals surface area contributed by atoms with Crippen molar-refractivity contribution in [2.24, 2.45) is 11.8 Å². The van der Waals surface area contributed by atoms with Gasteiger partial charge in [-0.3, -0.25) is 9.78 Å². The van der Waals surface area contributed by atoms with Crippen LogP contribution in [0.2, 0.25) is 0 Å². The van der Waals surface area contributed by atoms with E-state index in [1.54, 1.807) is 0 Å². The van der Waals surface area contributed by atoms with Crippen LogP contribution in [0.15, 0.2) is 30.5 Å². The number of halogens is 5. The lowest BCUT2D eigenvalue weighted by Crippen LogP contribution is -2.47. The summed E-state index contributed by atoms with van der Waals surface area (Å²) in [5.41, 5.74) is -2.39. The molecule has 5 atom stereocenters. The molecular weight excluding hydrogens is 503 g/mol. The zero-order valence-corrected chi connectivity index (χ0v) is 20.1. The molecule has 7 nitrogen and oxygen atoms in total. The lowest BCUT2D eigenvalue weighted by molar-refractivity contribution is -0.272. The fourth-order valence-corrected chi connectivity index (χ4v) is 4.70. The Morgan fingerprint density at radius 1 is 1.27 bits per heavy atom. The standard InChI is InChI=1S/C25H27F5N2O5/c1-13-19(17-5-6-18(26)20(27)21(17)36-12-14-7-8-35-11-14)22(37-24(13,2)25(28,29)30)23(34)32-15-3-4-16(10-33)31-9-15/h3-6,9,13-14,19,22,33H,7-8,10-12H2,1-2H3,(H,32,34)/t13-,14+,19-,22+,24+/m0/s1. The van der Waals surface area contributed by atoms with Crippen LogP contribution in [0.5, 0.6) is 5.75 Å². The summed E-state index contributed by atoms with van der Waals surface area (Å²) in [4.78, 5) is 17.2. The second kappa shape index (κ2) is 10.5. The zero-order valence-electron chi connectivity index (χ0n) is 20.1. The molecule has 12 heteroatoms. The summed E-state index contributed by atoms with van der Waals surface area (Å²) in [6.07, 6.45) is -4.73. The molecule has 0 spiro atoms. The van der Waals surface area contributed by atoms with Gasteiger partial charge >= 0.3 is 6.18 Å². The highest BCUT2D eigenvalue weighted by Gasteiger charge is 2.66. The Hall–Kier alpha value is -2.83. The predicted octanol–water partition coefficient (Wildman–Crippen LogP) is 4.35. The smallest absolute Gasteiger partial charge is 0.417 e. The summed E-state index contributed by atoms with van der Waals surface area (Å²) in [6, 6.07) is 4.77. The molecule has 0 aliphatic carbocycles. The number of ether oxygens (including phenoxy) is 3. The Balaban J connectivity index is 1.71. The molecule has 3 heterocycles. The maximum Gasteiger partial charge on any atom is 0.417 e. The van der Waals surface area contributed by atoms with E-state index in [1.165, 1.54) is 25.3 Å². The normalized spacial score (nSPS) is 27.9. The molecule has 2 aliphatic rings. The summed E-state index contributed by atoms with van der Waals surface area (Å²) in [6.45, 7) is 2.54. The third kappa shape index (κ3) is 5.27. The van der Waals surface area contributed by atoms with E-state index >= 15 is 0 Å². The number of rotatable bonds is 7. The van der Waals surface area contributed by atoms with Gasteiger partial charge in [0.1, 0.15) is 6.10 Å². The van der Waals surface area contributed by atoms with Crippen LogP contribution in [0.1, 0.15) is 37.4 Å². The van der Waals surface area contributed by atoms with Gasteiger partial charge in [0.15, 0.2) is 17.2 Å². The van der Waals surface area contributed by atoms with Crippen molar-refractivity contribution >= 4 is 11.6 Å². The van der Waals surface area contributed by atoms with Crippen LogP contribution in [-0.2, 0) is 20.9 Å². The highest BCUT2D eigenvalue weighted by Crippen LogP contribution is 2.55. The number of pyridine rings is 1. The highest BCUT2D eigenvalue weighted by atomic mass is 19.4. The number of hydrogen-bond acceptors (Lipinski definition) is 6. The Morgan fingerprint density at radius 3 is 2.62 bits per heavy atom. The monoisotopic (exact) mass is 530 g/mol. The first-order valence-corrected chi connectivity index (χ1v) is 11.8. The van der Waals surface area contributed by atoms with Crippen molar-refractivity contribution in [1.82, 2.24) is 4.98 Å². The van der Waals surface area contributed by atoms with Crippen LogP contribution in [0.4, 0.5) is 27.6 Å². The molecule has 37 heavy (non-hydrogen) atoms. The Labute approximate surface area is 209 Å². The Kier molecular flexibility index (Phi) is 7.72. The molecule has 0 bridgehead atoms. The minimum atomic E-state index is -4.87. The van der Waals surface area contributed by atoms with Crippen molar-refractivity contribution in [3.05, 3.63) is 53.4 Å². The molecule has 0 radical (unpaired) electrons. The molecule has 4 rings (SSSR count). The van der Waals surface area contributed by atoms with Crippen LogP contribution >= 0.6 is 0 Å². The molecule has 2 N–H and O–H groups in total. The van der Waals surface area contributed by atoms with E-state index in [2.05, 4.69) is 10.3 Å². The van der Waals surface area contributed by atoms with E-state index in [4.69, 9.17) is 19.3 Å². The van der Waals surface area contributed by atoms with Crippen LogP contribution in [0, 0.1) is 23.5 Å². The summed E-state index contributed by atoms with van der Waals surface area (Å²) in [5.74, 6) is -6.87. The number of nitrogens with zero attached hydrogens (tertiary/aromatic N) is 1. The van der Waals surface area contributed by atoms with Crippen molar-refractivity contribution in [1.29, 1.82) is 0 Å². The third-order valence-corrected chi connectivity index (χ3v) is 7.11. The van der Waals surface area contributed by atoms with Gasteiger partial charge < -0.3 is 24.6 Å². The number of carbonyl (C=O) groups is 1. The van der Waals surface area contributed by atoms with Crippen LogP contribution in [0.25, 0.3) is 0 Å². The second-order valence-corrected chi connectivity index (χ2v) is 9.46. The molecular formula is C25H27F5N2O5. The molecule has 0 saturated carbocycles. The summed E-state index contributed by atoms with van der Waals surface area (Å²) in [5, 5.41) is 11.6. The first kappa shape index (κ1) is 27.2. The maximum absolute atomic E-state index is 15.0. The number of hydrogen-bond donors (Lipinski definition) is 2. The number of alkyl halides is 3. The molecule has 202 valence electrons. The van der Waals surface area contributed by atoms with Gasteiger partial charge in [0.25, 0.3) is 5.91 Å². The van der Waals surface area contributed by atoms with Gasteiger partial charge in [0.05, 0.1) is 37.4 Å². The molecule has 2 aromatic rings. The van der Waals surface area contributed by atoms with Crippen molar-refractivity contribution in [2.75, 3.05) is 25.1 Å². The van der Waals surface area contributed by atoms with Gasteiger partial charge in [-0.25, -0.2) is 4.39 Å². The second-order valence-electron chi connectivity index (χ2n) is 9.46. The van der Waals surface area contributed by atoms with E-state index in [9.17, 15) is 26.7 Å². The zero-order chi connectivity index (χ0) is 27.0. The Bertz CT molecular complexity index is 1120. The topological polar surface area (TPSA) is 89.9 Å². The summed E-state index contributed by atoms with van der Waals surface area (Å²) in [7, 11) is 0. The summed E-state index contributed by atoms with van der Waals surface area (Å²) < 4.78 is 87.9. The minimum Gasteiger partial charge on any atom is -0.490 e. The fourth-order valence-electron chi connectivity index (χ4n) is 4.70. The number of benzene rings is 1. The van der Waals surface area contributed by atoms with Gasteiger partial charge in [-0.05, 0) is 31.5 Å². The van der Waals surface area contributed by atoms with E-state index in [-0.39, 0.29) is 30.4 Å². The molecule has 2 saturated heterocycles. The van der Waals surface area contributed by atoms with Gasteiger partial charge in [-0.2, -0.15) is 17.6 Å². The van der Waals surface area contributed by atoms with Gasteiger partial charge in [0.2, 0.25) is 5.82 Å². The van der Waals surface area contributed by atoms with Crippen molar-refractivity contribution in [2.45, 2.75) is 50.7 Å². The molecule has 1 aromatic carbocycles. The third-order valence-electron chi connectivity index (χ3n) is 7.11. The number of aliphatic hydroxyl groups is 1. The van der Waals surface area contributed by atoms with E-state index < -0.39 is 53.0 Å². The highest BCUT2D eigenvalue weighted by molar-refractivity contribution is 5.95.